The van der Waals surface area contributed by atoms with E-state index in [1.165, 1.54) is 12.5 Å². The number of ketones is 2. The second kappa shape index (κ2) is 6.19. The molecule has 20 heavy (non-hydrogen) atoms. The van der Waals surface area contributed by atoms with Crippen molar-refractivity contribution < 1.29 is 9.59 Å². The molecule has 0 N–H and O–H groups in total. The summed E-state index contributed by atoms with van der Waals surface area (Å²) in [6.45, 7) is 3.97. The standard InChI is InChI=1S/C16H16N2O2/c1-11-3-4-13(9-12(11)2)15(19)5-6-16(20)14-7-8-17-10-18-14/h3-4,7-10H,5-6H2,1-2H3. The lowest BCUT2D eigenvalue weighted by Crippen LogP contribution is -2.07. The lowest BCUT2D eigenvalue weighted by atomic mass is 10.00. The van der Waals surface area contributed by atoms with Crippen LogP contribution in [0.15, 0.2) is 36.8 Å². The zero-order chi connectivity index (χ0) is 14.5. The molecular formula is C16H16N2O2. The fraction of sp³-hybridized carbons (Fsp3) is 0.250. The summed E-state index contributed by atoms with van der Waals surface area (Å²) in [6.07, 6.45) is 3.22. The van der Waals surface area contributed by atoms with Crippen molar-refractivity contribution in [2.45, 2.75) is 26.7 Å². The SMILES string of the molecule is Cc1ccc(C(=O)CCC(=O)c2ccncn2)cc1C. The Hall–Kier alpha value is -2.36. The predicted octanol–water partition coefficient (Wildman–Crippen LogP) is 2.94. The van der Waals surface area contributed by atoms with Crippen molar-refractivity contribution in [3.8, 4) is 0 Å². The number of Topliss-reactive ketones (excluding diaryl/α,β-unsaturated/α-hetero) is 2. The van der Waals surface area contributed by atoms with E-state index in [0.717, 1.165) is 11.1 Å². The topological polar surface area (TPSA) is 59.9 Å². The summed E-state index contributed by atoms with van der Waals surface area (Å²) < 4.78 is 0. The number of aromatic nitrogens is 2. The average Bonchev–Trinajstić information content (AvgIpc) is 2.48. The molecule has 4 heteroatoms. The van der Waals surface area contributed by atoms with Gasteiger partial charge >= 0.3 is 0 Å². The van der Waals surface area contributed by atoms with Gasteiger partial charge in [-0.1, -0.05) is 12.1 Å². The maximum Gasteiger partial charge on any atom is 0.181 e. The van der Waals surface area contributed by atoms with Crippen molar-refractivity contribution >= 4 is 11.6 Å². The van der Waals surface area contributed by atoms with E-state index in [1.807, 2.05) is 26.0 Å². The molecule has 0 spiro atoms. The number of carbonyl (C=O) groups is 2. The second-order valence-electron chi connectivity index (χ2n) is 4.74. The minimum atomic E-state index is -0.135. The van der Waals surface area contributed by atoms with Gasteiger partial charge in [0.25, 0.3) is 0 Å². The summed E-state index contributed by atoms with van der Waals surface area (Å²) in [6, 6.07) is 7.16. The van der Waals surface area contributed by atoms with Gasteiger partial charge in [0.2, 0.25) is 0 Å². The molecule has 0 saturated carbocycles. The number of rotatable bonds is 5. The Morgan fingerprint density at radius 1 is 1.00 bits per heavy atom. The summed E-state index contributed by atoms with van der Waals surface area (Å²) >= 11 is 0. The van der Waals surface area contributed by atoms with Gasteiger partial charge in [-0.15, -0.1) is 0 Å². The van der Waals surface area contributed by atoms with Gasteiger partial charge in [-0.2, -0.15) is 0 Å². The molecule has 0 aliphatic rings. The number of hydrogen-bond donors (Lipinski definition) is 0. The normalized spacial score (nSPS) is 10.3. The van der Waals surface area contributed by atoms with E-state index in [1.54, 1.807) is 12.1 Å². The Labute approximate surface area is 117 Å². The number of hydrogen-bond acceptors (Lipinski definition) is 4. The maximum atomic E-state index is 12.1. The highest BCUT2D eigenvalue weighted by Crippen LogP contribution is 2.13. The highest BCUT2D eigenvalue weighted by atomic mass is 16.1. The third kappa shape index (κ3) is 3.35. The van der Waals surface area contributed by atoms with Crippen molar-refractivity contribution in [1.29, 1.82) is 0 Å². The number of benzene rings is 1. The number of carbonyl (C=O) groups excluding carboxylic acids is 2. The molecule has 1 heterocycles. The van der Waals surface area contributed by atoms with E-state index in [2.05, 4.69) is 9.97 Å². The van der Waals surface area contributed by atoms with Crippen LogP contribution in [0.1, 0.15) is 44.8 Å². The molecule has 0 bridgehead atoms. The summed E-state index contributed by atoms with van der Waals surface area (Å²) in [7, 11) is 0. The summed E-state index contributed by atoms with van der Waals surface area (Å²) in [5, 5.41) is 0. The van der Waals surface area contributed by atoms with Crippen LogP contribution < -0.4 is 0 Å². The Morgan fingerprint density at radius 3 is 2.40 bits per heavy atom. The number of aryl methyl sites for hydroxylation is 2. The quantitative estimate of drug-likeness (QED) is 0.782. The van der Waals surface area contributed by atoms with E-state index in [4.69, 9.17) is 0 Å². The Kier molecular flexibility index (Phi) is 4.35. The lowest BCUT2D eigenvalue weighted by molar-refractivity contribution is 0.0915. The van der Waals surface area contributed by atoms with Gasteiger partial charge in [-0.3, -0.25) is 9.59 Å². The first kappa shape index (κ1) is 14.1. The van der Waals surface area contributed by atoms with Crippen molar-refractivity contribution in [3.05, 3.63) is 59.2 Å². The zero-order valence-corrected chi connectivity index (χ0v) is 11.6. The van der Waals surface area contributed by atoms with Crippen LogP contribution in [0.3, 0.4) is 0 Å². The van der Waals surface area contributed by atoms with Crippen LogP contribution in [-0.4, -0.2) is 21.5 Å². The summed E-state index contributed by atoms with van der Waals surface area (Å²) in [4.78, 5) is 31.6. The van der Waals surface area contributed by atoms with Crippen molar-refractivity contribution in [1.82, 2.24) is 9.97 Å². The van der Waals surface area contributed by atoms with Crippen molar-refractivity contribution in [2.24, 2.45) is 0 Å². The van der Waals surface area contributed by atoms with Gasteiger partial charge in [0.15, 0.2) is 11.6 Å². The van der Waals surface area contributed by atoms with Crippen LogP contribution in [0.25, 0.3) is 0 Å². The first-order chi connectivity index (χ1) is 9.58. The Bertz CT molecular complexity index is 636. The van der Waals surface area contributed by atoms with Gasteiger partial charge in [0.05, 0.1) is 0 Å². The molecule has 0 atom stereocenters. The molecule has 0 fully saturated rings. The molecule has 2 aromatic rings. The molecule has 0 saturated heterocycles. The minimum Gasteiger partial charge on any atom is -0.294 e. The molecule has 0 aliphatic carbocycles. The molecule has 1 aromatic carbocycles. The lowest BCUT2D eigenvalue weighted by Gasteiger charge is -2.04. The van der Waals surface area contributed by atoms with E-state index in [0.29, 0.717) is 11.3 Å². The van der Waals surface area contributed by atoms with E-state index in [-0.39, 0.29) is 24.4 Å². The van der Waals surface area contributed by atoms with Crippen LogP contribution in [-0.2, 0) is 0 Å². The highest BCUT2D eigenvalue weighted by Gasteiger charge is 2.12. The number of nitrogens with zero attached hydrogens (tertiary/aromatic N) is 2. The predicted molar refractivity (Wildman–Crippen MR) is 75.8 cm³/mol. The third-order valence-corrected chi connectivity index (χ3v) is 3.28. The first-order valence-electron chi connectivity index (χ1n) is 6.47. The largest absolute Gasteiger partial charge is 0.294 e. The Balaban J connectivity index is 1.98. The van der Waals surface area contributed by atoms with Crippen molar-refractivity contribution in [3.63, 3.8) is 0 Å². The van der Waals surface area contributed by atoms with Gasteiger partial charge in [-0.25, -0.2) is 9.97 Å². The average molecular weight is 268 g/mol. The molecule has 0 radical (unpaired) electrons. The molecule has 4 nitrogen and oxygen atoms in total. The third-order valence-electron chi connectivity index (χ3n) is 3.28. The van der Waals surface area contributed by atoms with Crippen molar-refractivity contribution in [2.75, 3.05) is 0 Å². The van der Waals surface area contributed by atoms with Crippen LogP contribution in [0.4, 0.5) is 0 Å². The smallest absolute Gasteiger partial charge is 0.181 e. The molecular weight excluding hydrogens is 252 g/mol. The van der Waals surface area contributed by atoms with Gasteiger partial charge < -0.3 is 0 Å². The Morgan fingerprint density at radius 2 is 1.75 bits per heavy atom. The zero-order valence-electron chi connectivity index (χ0n) is 11.6. The molecule has 0 unspecified atom stereocenters. The maximum absolute atomic E-state index is 12.1. The molecule has 0 aliphatic heterocycles. The summed E-state index contributed by atoms with van der Waals surface area (Å²) in [5.41, 5.74) is 3.24. The van der Waals surface area contributed by atoms with Gasteiger partial charge in [-0.05, 0) is 37.1 Å². The molecule has 102 valence electrons. The fourth-order valence-electron chi connectivity index (χ4n) is 1.87. The molecule has 2 rings (SSSR count). The van der Waals surface area contributed by atoms with E-state index < -0.39 is 0 Å². The van der Waals surface area contributed by atoms with E-state index >= 15 is 0 Å². The summed E-state index contributed by atoms with van der Waals surface area (Å²) in [5.74, 6) is -0.153. The van der Waals surface area contributed by atoms with Crippen LogP contribution in [0.2, 0.25) is 0 Å². The monoisotopic (exact) mass is 268 g/mol. The van der Waals surface area contributed by atoms with Crippen LogP contribution in [0.5, 0.6) is 0 Å². The molecule has 0 amide bonds. The van der Waals surface area contributed by atoms with Gasteiger partial charge in [0.1, 0.15) is 12.0 Å². The fourth-order valence-corrected chi connectivity index (χ4v) is 1.87. The second-order valence-corrected chi connectivity index (χ2v) is 4.74. The van der Waals surface area contributed by atoms with Crippen LogP contribution in [0, 0.1) is 13.8 Å². The van der Waals surface area contributed by atoms with Crippen LogP contribution >= 0.6 is 0 Å². The van der Waals surface area contributed by atoms with Gasteiger partial charge in [0, 0.05) is 24.6 Å². The highest BCUT2D eigenvalue weighted by molar-refractivity contribution is 6.01. The first-order valence-corrected chi connectivity index (χ1v) is 6.47. The van der Waals surface area contributed by atoms with E-state index in [9.17, 15) is 9.59 Å². The molecule has 1 aromatic heterocycles. The minimum absolute atomic E-state index is 0.0180.